The van der Waals surface area contributed by atoms with Crippen LogP contribution in [0.5, 0.6) is 11.5 Å². The third kappa shape index (κ3) is 4.82. The molecule has 0 spiro atoms. The molecule has 31 heavy (non-hydrogen) atoms. The predicted molar refractivity (Wildman–Crippen MR) is 121 cm³/mol. The van der Waals surface area contributed by atoms with Crippen molar-refractivity contribution in [1.82, 2.24) is 15.1 Å². The first kappa shape index (κ1) is 21.2. The summed E-state index contributed by atoms with van der Waals surface area (Å²) in [6.07, 6.45) is 2.64. The van der Waals surface area contributed by atoms with Gasteiger partial charge in [0, 0.05) is 36.8 Å². The van der Waals surface area contributed by atoms with Crippen molar-refractivity contribution in [3.05, 3.63) is 53.9 Å². The third-order valence-electron chi connectivity index (χ3n) is 5.92. The molecule has 0 amide bonds. The van der Waals surface area contributed by atoms with E-state index in [9.17, 15) is 0 Å². The highest BCUT2D eigenvalue weighted by Crippen LogP contribution is 2.29. The molecule has 2 heterocycles. The molecule has 1 aliphatic rings. The first-order valence-electron chi connectivity index (χ1n) is 10.6. The molecule has 0 N–H and O–H groups in total. The molecule has 1 atom stereocenters. The molecule has 2 aromatic carbocycles. The number of benzene rings is 2. The molecule has 0 aliphatic carbocycles. The number of aromatic nitrogens is 2. The van der Waals surface area contributed by atoms with Crippen molar-refractivity contribution < 1.29 is 13.9 Å². The lowest BCUT2D eigenvalue weighted by Crippen LogP contribution is -2.31. The van der Waals surface area contributed by atoms with Gasteiger partial charge in [-0.05, 0) is 68.9 Å². The summed E-state index contributed by atoms with van der Waals surface area (Å²) in [4.78, 5) is 4.73. The summed E-state index contributed by atoms with van der Waals surface area (Å²) in [5.41, 5.74) is 3.31. The maximum Gasteiger partial charge on any atom is 0.247 e. The van der Waals surface area contributed by atoms with Gasteiger partial charge in [0.1, 0.15) is 0 Å². The smallest absolute Gasteiger partial charge is 0.247 e. The molecular formula is C24H30N4O3. The number of rotatable bonds is 8. The van der Waals surface area contributed by atoms with Crippen molar-refractivity contribution in [2.24, 2.45) is 0 Å². The zero-order valence-electron chi connectivity index (χ0n) is 18.7. The highest BCUT2D eigenvalue weighted by Gasteiger charge is 2.24. The van der Waals surface area contributed by atoms with Crippen LogP contribution in [0.4, 0.5) is 5.69 Å². The van der Waals surface area contributed by atoms with Gasteiger partial charge in [-0.2, -0.15) is 0 Å². The van der Waals surface area contributed by atoms with Crippen molar-refractivity contribution in [1.29, 1.82) is 0 Å². The molecule has 1 saturated heterocycles. The summed E-state index contributed by atoms with van der Waals surface area (Å²) in [5.74, 6) is 2.63. The Hall–Kier alpha value is -3.06. The lowest BCUT2D eigenvalue weighted by molar-refractivity contribution is 0.315. The Kier molecular flexibility index (Phi) is 6.42. The van der Waals surface area contributed by atoms with Crippen LogP contribution in [-0.4, -0.2) is 62.5 Å². The first-order chi connectivity index (χ1) is 15.1. The van der Waals surface area contributed by atoms with Gasteiger partial charge in [0.05, 0.1) is 14.2 Å². The second-order valence-electron chi connectivity index (χ2n) is 8.09. The Morgan fingerprint density at radius 3 is 2.45 bits per heavy atom. The van der Waals surface area contributed by atoms with E-state index >= 15 is 0 Å². The normalized spacial score (nSPS) is 16.2. The van der Waals surface area contributed by atoms with E-state index in [0.717, 1.165) is 42.1 Å². The van der Waals surface area contributed by atoms with Crippen LogP contribution in [0.25, 0.3) is 11.5 Å². The number of hydrogen-bond acceptors (Lipinski definition) is 7. The van der Waals surface area contributed by atoms with Crippen LogP contribution in [0.15, 0.2) is 46.9 Å². The average Bonchev–Trinajstić information content (AvgIpc) is 3.48. The van der Waals surface area contributed by atoms with E-state index in [4.69, 9.17) is 13.9 Å². The maximum atomic E-state index is 5.91. The molecule has 164 valence electrons. The number of likely N-dealkylation sites (N-methyl/N-ethyl adjacent to an activating group) is 1. The number of hydrogen-bond donors (Lipinski definition) is 0. The summed E-state index contributed by atoms with van der Waals surface area (Å²) >= 11 is 0. The largest absolute Gasteiger partial charge is 0.493 e. The van der Waals surface area contributed by atoms with Crippen LogP contribution in [-0.2, 0) is 12.8 Å². The highest BCUT2D eigenvalue weighted by molar-refractivity contribution is 5.59. The number of nitrogens with zero attached hydrogens (tertiary/aromatic N) is 4. The molecule has 1 aliphatic heterocycles. The van der Waals surface area contributed by atoms with E-state index in [0.29, 0.717) is 24.2 Å². The molecule has 7 heteroatoms. The fourth-order valence-corrected chi connectivity index (χ4v) is 3.97. The SMILES string of the molecule is COc1ccc(CCc2nnc(-c3ccc(N4CCC(N(C)C)C4)cc3)o2)cc1OC. The summed E-state index contributed by atoms with van der Waals surface area (Å²) in [6.45, 7) is 2.15. The van der Waals surface area contributed by atoms with Gasteiger partial charge < -0.3 is 23.7 Å². The molecular weight excluding hydrogens is 392 g/mol. The van der Waals surface area contributed by atoms with Gasteiger partial charge >= 0.3 is 0 Å². The Morgan fingerprint density at radius 1 is 1.00 bits per heavy atom. The summed E-state index contributed by atoms with van der Waals surface area (Å²) in [5, 5.41) is 8.47. The lowest BCUT2D eigenvalue weighted by atomic mass is 10.1. The van der Waals surface area contributed by atoms with Gasteiger partial charge in [-0.25, -0.2) is 0 Å². The van der Waals surface area contributed by atoms with Crippen molar-refractivity contribution in [3.8, 4) is 23.0 Å². The number of ether oxygens (including phenoxy) is 2. The second kappa shape index (κ2) is 9.39. The maximum absolute atomic E-state index is 5.91. The molecule has 4 rings (SSSR count). The molecule has 1 fully saturated rings. The fourth-order valence-electron chi connectivity index (χ4n) is 3.97. The van der Waals surface area contributed by atoms with E-state index in [1.165, 1.54) is 12.1 Å². The molecule has 0 radical (unpaired) electrons. The molecule has 1 aromatic heterocycles. The molecule has 7 nitrogen and oxygen atoms in total. The van der Waals surface area contributed by atoms with E-state index in [-0.39, 0.29) is 0 Å². The van der Waals surface area contributed by atoms with Gasteiger partial charge in [0.25, 0.3) is 0 Å². The molecule has 0 saturated carbocycles. The first-order valence-corrected chi connectivity index (χ1v) is 10.6. The molecule has 3 aromatic rings. The van der Waals surface area contributed by atoms with Gasteiger partial charge in [0.2, 0.25) is 11.8 Å². The minimum absolute atomic E-state index is 0.557. The predicted octanol–water partition coefficient (Wildman–Crippen LogP) is 3.68. The van der Waals surface area contributed by atoms with Crippen LogP contribution in [0.2, 0.25) is 0 Å². The lowest BCUT2D eigenvalue weighted by Gasteiger charge is -2.21. The van der Waals surface area contributed by atoms with Crippen molar-refractivity contribution >= 4 is 5.69 Å². The number of methoxy groups -OCH3 is 2. The van der Waals surface area contributed by atoms with Gasteiger partial charge in [-0.15, -0.1) is 10.2 Å². The molecule has 0 bridgehead atoms. The Bertz CT molecular complexity index is 1000. The monoisotopic (exact) mass is 422 g/mol. The van der Waals surface area contributed by atoms with Gasteiger partial charge in [-0.3, -0.25) is 0 Å². The van der Waals surface area contributed by atoms with E-state index < -0.39 is 0 Å². The zero-order valence-corrected chi connectivity index (χ0v) is 18.7. The zero-order chi connectivity index (χ0) is 21.8. The van der Waals surface area contributed by atoms with Gasteiger partial charge in [0.15, 0.2) is 11.5 Å². The average molecular weight is 423 g/mol. The third-order valence-corrected chi connectivity index (χ3v) is 5.92. The van der Waals surface area contributed by atoms with Crippen LogP contribution in [0.1, 0.15) is 17.9 Å². The minimum Gasteiger partial charge on any atom is -0.493 e. The molecule has 1 unspecified atom stereocenters. The summed E-state index contributed by atoms with van der Waals surface area (Å²) in [7, 11) is 7.57. The van der Waals surface area contributed by atoms with Crippen LogP contribution in [0.3, 0.4) is 0 Å². The van der Waals surface area contributed by atoms with Crippen LogP contribution >= 0.6 is 0 Å². The number of aryl methyl sites for hydroxylation is 2. The summed E-state index contributed by atoms with van der Waals surface area (Å²) < 4.78 is 16.6. The summed E-state index contributed by atoms with van der Waals surface area (Å²) in [6, 6.07) is 14.9. The topological polar surface area (TPSA) is 63.9 Å². The quantitative estimate of drug-likeness (QED) is 0.549. The Balaban J connectivity index is 1.38. The minimum atomic E-state index is 0.557. The van der Waals surface area contributed by atoms with Crippen LogP contribution in [0, 0.1) is 0 Å². The Morgan fingerprint density at radius 2 is 1.77 bits per heavy atom. The van der Waals surface area contributed by atoms with Crippen molar-refractivity contribution in [3.63, 3.8) is 0 Å². The van der Waals surface area contributed by atoms with Crippen LogP contribution < -0.4 is 14.4 Å². The van der Waals surface area contributed by atoms with Gasteiger partial charge in [-0.1, -0.05) is 6.07 Å². The highest BCUT2D eigenvalue weighted by atomic mass is 16.5. The van der Waals surface area contributed by atoms with Crippen molar-refractivity contribution in [2.75, 3.05) is 46.3 Å². The Labute approximate surface area is 183 Å². The second-order valence-corrected chi connectivity index (χ2v) is 8.09. The fraction of sp³-hybridized carbons (Fsp3) is 0.417. The van der Waals surface area contributed by atoms with E-state index in [2.05, 4.69) is 58.4 Å². The van der Waals surface area contributed by atoms with E-state index in [1.807, 2.05) is 18.2 Å². The van der Waals surface area contributed by atoms with Crippen molar-refractivity contribution in [2.45, 2.75) is 25.3 Å². The van der Waals surface area contributed by atoms with E-state index in [1.54, 1.807) is 14.2 Å². The standard InChI is InChI=1S/C24H30N4O3/c1-27(2)20-13-14-28(16-20)19-9-7-18(8-10-19)24-26-25-23(31-24)12-6-17-5-11-21(29-3)22(15-17)30-4/h5,7-11,15,20H,6,12-14,16H2,1-4H3. The number of anilines is 1.